The molecule has 0 spiro atoms. The highest BCUT2D eigenvalue weighted by atomic mass is 79.9. The summed E-state index contributed by atoms with van der Waals surface area (Å²) in [7, 11) is 1.99. The Morgan fingerprint density at radius 3 is 3.05 bits per heavy atom. The number of nitrogens with one attached hydrogen (secondary N) is 1. The number of hydrogen-bond donors (Lipinski definition) is 1. The summed E-state index contributed by atoms with van der Waals surface area (Å²) < 4.78 is 6.94. The van der Waals surface area contributed by atoms with E-state index in [1.807, 2.05) is 7.05 Å². The van der Waals surface area contributed by atoms with Crippen LogP contribution in [-0.4, -0.2) is 32.8 Å². The Morgan fingerprint density at radius 1 is 1.47 bits per heavy atom. The molecule has 0 bridgehead atoms. The van der Waals surface area contributed by atoms with Crippen LogP contribution < -0.4 is 10.2 Å². The lowest BCUT2D eigenvalue weighted by Gasteiger charge is -2.35. The maximum absolute atomic E-state index is 5.80. The summed E-state index contributed by atoms with van der Waals surface area (Å²) in [4.78, 5) is 2.46. The summed E-state index contributed by atoms with van der Waals surface area (Å²) in [5.41, 5.74) is 2.68. The molecule has 0 aliphatic carbocycles. The molecule has 1 saturated heterocycles. The van der Waals surface area contributed by atoms with Crippen LogP contribution in [0.25, 0.3) is 0 Å². The molecule has 1 aliphatic rings. The third kappa shape index (κ3) is 3.94. The molecule has 1 heterocycles. The Hall–Kier alpha value is -0.580. The Labute approximate surface area is 124 Å². The van der Waals surface area contributed by atoms with Gasteiger partial charge < -0.3 is 15.0 Å². The van der Waals surface area contributed by atoms with E-state index in [9.17, 15) is 0 Å². The molecular weight excluding hydrogens is 304 g/mol. The number of anilines is 1. The first-order chi connectivity index (χ1) is 9.24. The monoisotopic (exact) mass is 326 g/mol. The van der Waals surface area contributed by atoms with Gasteiger partial charge in [0.15, 0.2) is 0 Å². The van der Waals surface area contributed by atoms with E-state index in [4.69, 9.17) is 4.74 Å². The predicted molar refractivity (Wildman–Crippen MR) is 83.8 cm³/mol. The summed E-state index contributed by atoms with van der Waals surface area (Å²) >= 11 is 3.58. The smallest absolute Gasteiger partial charge is 0.0750 e. The van der Waals surface area contributed by atoms with Crippen molar-refractivity contribution in [3.05, 3.63) is 28.2 Å². The largest absolute Gasteiger partial charge is 0.377 e. The topological polar surface area (TPSA) is 24.5 Å². The van der Waals surface area contributed by atoms with E-state index in [2.05, 4.69) is 51.3 Å². The molecule has 0 radical (unpaired) electrons. The van der Waals surface area contributed by atoms with Crippen molar-refractivity contribution in [2.24, 2.45) is 0 Å². The number of benzene rings is 1. The molecule has 0 aromatic heterocycles. The van der Waals surface area contributed by atoms with Crippen molar-refractivity contribution in [3.8, 4) is 0 Å². The van der Waals surface area contributed by atoms with Gasteiger partial charge in [0.05, 0.1) is 6.10 Å². The zero-order valence-corrected chi connectivity index (χ0v) is 13.4. The van der Waals surface area contributed by atoms with Crippen LogP contribution in [-0.2, 0) is 11.3 Å². The van der Waals surface area contributed by atoms with E-state index < -0.39 is 0 Å². The summed E-state index contributed by atoms with van der Waals surface area (Å²) in [6, 6.07) is 6.53. The minimum atomic E-state index is 0.375. The maximum atomic E-state index is 5.80. The van der Waals surface area contributed by atoms with Crippen LogP contribution in [0.15, 0.2) is 22.7 Å². The number of hydrogen-bond acceptors (Lipinski definition) is 3. The molecule has 4 heteroatoms. The van der Waals surface area contributed by atoms with Gasteiger partial charge in [0.25, 0.3) is 0 Å². The molecule has 1 atom stereocenters. The zero-order chi connectivity index (χ0) is 13.7. The fourth-order valence-corrected chi connectivity index (χ4v) is 3.05. The van der Waals surface area contributed by atoms with Gasteiger partial charge in [-0.15, -0.1) is 0 Å². The number of halogens is 1. The molecule has 1 fully saturated rings. The second-order valence-electron chi connectivity index (χ2n) is 4.97. The fraction of sp³-hybridized carbons (Fsp3) is 0.600. The molecule has 0 amide bonds. The van der Waals surface area contributed by atoms with E-state index in [-0.39, 0.29) is 0 Å². The first-order valence-corrected chi connectivity index (χ1v) is 7.83. The van der Waals surface area contributed by atoms with E-state index in [1.165, 1.54) is 24.1 Å². The highest BCUT2D eigenvalue weighted by molar-refractivity contribution is 9.10. The van der Waals surface area contributed by atoms with Crippen LogP contribution in [0, 0.1) is 0 Å². The minimum Gasteiger partial charge on any atom is -0.377 e. The molecule has 0 saturated carbocycles. The van der Waals surface area contributed by atoms with Gasteiger partial charge in [-0.2, -0.15) is 0 Å². The summed E-state index contributed by atoms with van der Waals surface area (Å²) in [6.07, 6.45) is 2.76. The Bertz CT molecular complexity index is 409. The third-order valence-electron chi connectivity index (χ3n) is 3.54. The van der Waals surface area contributed by atoms with Gasteiger partial charge in [-0.25, -0.2) is 0 Å². The second kappa shape index (κ2) is 7.27. The molecule has 1 N–H and O–H groups in total. The SMILES string of the molecule is CCOC1CCCN(c2cc(Br)ccc2CNC)C1. The van der Waals surface area contributed by atoms with Gasteiger partial charge in [-0.1, -0.05) is 22.0 Å². The van der Waals surface area contributed by atoms with Crippen molar-refractivity contribution in [2.75, 3.05) is 31.6 Å². The molecule has 1 aromatic carbocycles. The average molecular weight is 327 g/mol. The van der Waals surface area contributed by atoms with Gasteiger partial charge in [-0.3, -0.25) is 0 Å². The number of piperidine rings is 1. The van der Waals surface area contributed by atoms with Gasteiger partial charge in [0.1, 0.15) is 0 Å². The van der Waals surface area contributed by atoms with Gasteiger partial charge in [0, 0.05) is 36.4 Å². The van der Waals surface area contributed by atoms with Crippen LogP contribution in [0.3, 0.4) is 0 Å². The maximum Gasteiger partial charge on any atom is 0.0750 e. The summed E-state index contributed by atoms with van der Waals surface area (Å²) in [6.45, 7) is 5.90. The number of nitrogens with zero attached hydrogens (tertiary/aromatic N) is 1. The zero-order valence-electron chi connectivity index (χ0n) is 11.8. The van der Waals surface area contributed by atoms with Crippen LogP contribution in [0.1, 0.15) is 25.3 Å². The Balaban J connectivity index is 2.17. The Kier molecular flexibility index (Phi) is 5.67. The Morgan fingerprint density at radius 2 is 2.32 bits per heavy atom. The molecule has 106 valence electrons. The van der Waals surface area contributed by atoms with E-state index in [0.717, 1.165) is 30.7 Å². The molecule has 2 rings (SSSR count). The van der Waals surface area contributed by atoms with Crippen molar-refractivity contribution in [1.82, 2.24) is 5.32 Å². The fourth-order valence-electron chi connectivity index (χ4n) is 2.70. The molecule has 1 aromatic rings. The number of rotatable bonds is 5. The van der Waals surface area contributed by atoms with Crippen LogP contribution in [0.5, 0.6) is 0 Å². The first kappa shape index (κ1) is 14.8. The lowest BCUT2D eigenvalue weighted by Crippen LogP contribution is -2.40. The van der Waals surface area contributed by atoms with Crippen molar-refractivity contribution in [1.29, 1.82) is 0 Å². The van der Waals surface area contributed by atoms with E-state index in [1.54, 1.807) is 0 Å². The minimum absolute atomic E-state index is 0.375. The molecule has 3 nitrogen and oxygen atoms in total. The number of ether oxygens (including phenoxy) is 1. The normalized spacial score (nSPS) is 19.7. The highest BCUT2D eigenvalue weighted by Crippen LogP contribution is 2.28. The van der Waals surface area contributed by atoms with E-state index in [0.29, 0.717) is 6.10 Å². The van der Waals surface area contributed by atoms with Crippen LogP contribution in [0.2, 0.25) is 0 Å². The average Bonchev–Trinajstić information content (AvgIpc) is 2.42. The van der Waals surface area contributed by atoms with E-state index >= 15 is 0 Å². The highest BCUT2D eigenvalue weighted by Gasteiger charge is 2.21. The van der Waals surface area contributed by atoms with Crippen LogP contribution in [0.4, 0.5) is 5.69 Å². The molecular formula is C15H23BrN2O. The summed E-state index contributed by atoms with van der Waals surface area (Å²) in [5.74, 6) is 0. The predicted octanol–water partition coefficient (Wildman–Crippen LogP) is 3.17. The van der Waals surface area contributed by atoms with Crippen molar-refractivity contribution in [2.45, 2.75) is 32.4 Å². The van der Waals surface area contributed by atoms with Crippen molar-refractivity contribution < 1.29 is 4.74 Å². The quantitative estimate of drug-likeness (QED) is 0.899. The summed E-state index contributed by atoms with van der Waals surface area (Å²) in [5, 5.41) is 3.25. The first-order valence-electron chi connectivity index (χ1n) is 7.04. The van der Waals surface area contributed by atoms with Gasteiger partial charge >= 0.3 is 0 Å². The van der Waals surface area contributed by atoms with Crippen molar-refractivity contribution in [3.63, 3.8) is 0 Å². The molecule has 1 unspecified atom stereocenters. The standard InChI is InChI=1S/C15H23BrN2O/c1-3-19-14-5-4-8-18(11-14)15-9-13(16)7-6-12(15)10-17-2/h6-7,9,14,17H,3-5,8,10-11H2,1-2H3. The second-order valence-corrected chi connectivity index (χ2v) is 5.88. The van der Waals surface area contributed by atoms with Gasteiger partial charge in [-0.05, 0) is 44.5 Å². The van der Waals surface area contributed by atoms with Crippen LogP contribution >= 0.6 is 15.9 Å². The van der Waals surface area contributed by atoms with Crippen molar-refractivity contribution >= 4 is 21.6 Å². The third-order valence-corrected chi connectivity index (χ3v) is 4.03. The lowest BCUT2D eigenvalue weighted by atomic mass is 10.0. The van der Waals surface area contributed by atoms with Gasteiger partial charge in [0.2, 0.25) is 0 Å². The molecule has 1 aliphatic heterocycles. The molecule has 19 heavy (non-hydrogen) atoms. The lowest BCUT2D eigenvalue weighted by molar-refractivity contribution is 0.0526.